The summed E-state index contributed by atoms with van der Waals surface area (Å²) in [6.45, 7) is 0.927. The van der Waals surface area contributed by atoms with Crippen LogP contribution < -0.4 is 5.73 Å². The molecule has 0 bridgehead atoms. The Hall–Kier alpha value is -3.45. The van der Waals surface area contributed by atoms with E-state index in [9.17, 15) is 14.4 Å². The van der Waals surface area contributed by atoms with E-state index in [1.807, 2.05) is 36.4 Å². The van der Waals surface area contributed by atoms with Crippen LogP contribution in [0.4, 0.5) is 0 Å². The van der Waals surface area contributed by atoms with Crippen molar-refractivity contribution in [3.63, 3.8) is 0 Å². The van der Waals surface area contributed by atoms with Gasteiger partial charge in [0.2, 0.25) is 5.91 Å². The summed E-state index contributed by atoms with van der Waals surface area (Å²) in [5.41, 5.74) is 7.78. The van der Waals surface area contributed by atoms with Crippen LogP contribution in [0, 0.1) is 0 Å². The van der Waals surface area contributed by atoms with Gasteiger partial charge in [0.15, 0.2) is 0 Å². The van der Waals surface area contributed by atoms with Crippen LogP contribution in [0.15, 0.2) is 72.8 Å². The number of rotatable bonds is 5. The van der Waals surface area contributed by atoms with Crippen molar-refractivity contribution in [3.8, 4) is 0 Å². The maximum absolute atomic E-state index is 12.2. The van der Waals surface area contributed by atoms with Crippen LogP contribution in [-0.2, 0) is 19.8 Å². The van der Waals surface area contributed by atoms with Gasteiger partial charge in [0.1, 0.15) is 0 Å². The molecule has 0 saturated carbocycles. The van der Waals surface area contributed by atoms with Crippen molar-refractivity contribution >= 4 is 17.8 Å². The van der Waals surface area contributed by atoms with E-state index in [-0.39, 0.29) is 18.0 Å². The topological polar surface area (TPSA) is 121 Å². The van der Waals surface area contributed by atoms with Crippen molar-refractivity contribution in [2.24, 2.45) is 5.73 Å². The van der Waals surface area contributed by atoms with Gasteiger partial charge in [-0.2, -0.15) is 0 Å². The number of benzene rings is 2. The van der Waals surface area contributed by atoms with E-state index in [2.05, 4.69) is 24.3 Å². The van der Waals surface area contributed by atoms with E-state index in [0.717, 1.165) is 0 Å². The molecular weight excluding hydrogens is 360 g/mol. The molecule has 1 aliphatic rings. The lowest BCUT2D eigenvalue weighted by atomic mass is 9.74. The zero-order valence-electron chi connectivity index (χ0n) is 15.2. The van der Waals surface area contributed by atoms with Gasteiger partial charge in [-0.05, 0) is 11.1 Å². The second-order valence-electron chi connectivity index (χ2n) is 6.28. The molecule has 0 aliphatic carbocycles. The normalized spacial score (nSPS) is 15.2. The zero-order chi connectivity index (χ0) is 20.6. The first kappa shape index (κ1) is 20.9. The molecule has 1 amide bonds. The molecule has 1 fully saturated rings. The molecule has 2 aromatic rings. The van der Waals surface area contributed by atoms with Gasteiger partial charge in [-0.3, -0.25) is 4.79 Å². The van der Waals surface area contributed by atoms with Gasteiger partial charge in [0.25, 0.3) is 0 Å². The van der Waals surface area contributed by atoms with E-state index in [1.165, 1.54) is 11.1 Å². The fourth-order valence-electron chi connectivity index (χ4n) is 3.22. The van der Waals surface area contributed by atoms with Crippen molar-refractivity contribution < 1.29 is 24.6 Å². The van der Waals surface area contributed by atoms with Crippen molar-refractivity contribution in [2.45, 2.75) is 11.8 Å². The van der Waals surface area contributed by atoms with Crippen molar-refractivity contribution in [3.05, 3.63) is 83.9 Å². The van der Waals surface area contributed by atoms with Crippen molar-refractivity contribution in [2.75, 3.05) is 13.2 Å². The van der Waals surface area contributed by atoms with E-state index in [0.29, 0.717) is 25.1 Å². The van der Waals surface area contributed by atoms with E-state index in [1.54, 1.807) is 4.90 Å². The quantitative estimate of drug-likeness (QED) is 0.679. The number of carboxylic acid groups (broad SMARTS) is 2. The van der Waals surface area contributed by atoms with Crippen LogP contribution >= 0.6 is 0 Å². The minimum atomic E-state index is -1.26. The number of aliphatic carboxylic acids is 2. The lowest BCUT2D eigenvalue weighted by molar-refractivity contribution is -0.134. The largest absolute Gasteiger partial charge is 0.478 e. The first-order chi connectivity index (χ1) is 13.4. The minimum absolute atomic E-state index is 0.125. The lowest BCUT2D eigenvalue weighted by Gasteiger charge is -2.30. The van der Waals surface area contributed by atoms with Crippen LogP contribution in [-0.4, -0.2) is 46.2 Å². The second-order valence-corrected chi connectivity index (χ2v) is 6.28. The van der Waals surface area contributed by atoms with Gasteiger partial charge >= 0.3 is 11.9 Å². The monoisotopic (exact) mass is 382 g/mol. The average Bonchev–Trinajstić information content (AvgIpc) is 3.06. The van der Waals surface area contributed by atoms with Crippen LogP contribution in [0.3, 0.4) is 0 Å². The second kappa shape index (κ2) is 9.48. The van der Waals surface area contributed by atoms with E-state index in [4.69, 9.17) is 15.9 Å². The molecule has 3 rings (SSSR count). The number of carbonyl (C=O) groups is 3. The zero-order valence-corrected chi connectivity index (χ0v) is 15.2. The highest BCUT2D eigenvalue weighted by molar-refractivity contribution is 5.89. The number of hydrogen-bond donors (Lipinski definition) is 3. The smallest absolute Gasteiger partial charge is 0.328 e. The lowest BCUT2D eigenvalue weighted by Crippen LogP contribution is -2.35. The van der Waals surface area contributed by atoms with E-state index < -0.39 is 11.9 Å². The summed E-state index contributed by atoms with van der Waals surface area (Å²) in [6.07, 6.45) is 1.60. The first-order valence-electron chi connectivity index (χ1n) is 8.62. The maximum Gasteiger partial charge on any atom is 0.328 e. The molecular formula is C21H22N2O5. The molecule has 1 aliphatic heterocycles. The number of hydrogen-bond acceptors (Lipinski definition) is 4. The molecule has 7 heteroatoms. The molecule has 2 aromatic carbocycles. The summed E-state index contributed by atoms with van der Waals surface area (Å²) < 4.78 is 0. The Balaban J connectivity index is 0.000000300. The number of carbonyl (C=O) groups excluding carboxylic acids is 1. The number of amides is 1. The molecule has 4 N–H and O–H groups in total. The Labute approximate surface area is 162 Å². The number of nitrogens with zero attached hydrogens (tertiary/aromatic N) is 1. The number of likely N-dealkylation sites (tertiary alicyclic amines) is 1. The Morgan fingerprint density at radius 3 is 1.68 bits per heavy atom. The predicted octanol–water partition coefficient (Wildman–Crippen LogP) is 1.83. The van der Waals surface area contributed by atoms with Gasteiger partial charge < -0.3 is 20.8 Å². The third-order valence-electron chi connectivity index (χ3n) is 4.51. The minimum Gasteiger partial charge on any atom is -0.478 e. The molecule has 28 heavy (non-hydrogen) atoms. The summed E-state index contributed by atoms with van der Waals surface area (Å²) in [6, 6.07) is 20.5. The number of nitrogens with two attached hydrogens (primary N) is 1. The molecule has 0 aromatic heterocycles. The van der Waals surface area contributed by atoms with Crippen LogP contribution in [0.25, 0.3) is 0 Å². The molecule has 0 radical (unpaired) electrons. The third kappa shape index (κ3) is 5.05. The van der Waals surface area contributed by atoms with Gasteiger partial charge in [-0.1, -0.05) is 60.7 Å². The van der Waals surface area contributed by atoms with E-state index >= 15 is 0 Å². The van der Waals surface area contributed by atoms with Crippen molar-refractivity contribution in [1.29, 1.82) is 0 Å². The first-order valence-corrected chi connectivity index (χ1v) is 8.62. The Morgan fingerprint density at radius 2 is 1.36 bits per heavy atom. The summed E-state index contributed by atoms with van der Waals surface area (Å²) in [4.78, 5) is 33.1. The molecule has 1 heterocycles. The summed E-state index contributed by atoms with van der Waals surface area (Å²) in [5.74, 6) is -2.39. The summed E-state index contributed by atoms with van der Waals surface area (Å²) in [7, 11) is 0. The summed E-state index contributed by atoms with van der Waals surface area (Å²) >= 11 is 0. The molecule has 0 unspecified atom stereocenters. The van der Waals surface area contributed by atoms with Gasteiger partial charge in [0.05, 0.1) is 6.67 Å². The van der Waals surface area contributed by atoms with Crippen LogP contribution in [0.1, 0.15) is 17.5 Å². The molecule has 7 nitrogen and oxygen atoms in total. The SMILES string of the molecule is NCN1CC(c2ccccc2)(c2ccccc2)CC1=O.O=C(O)C=CC(=O)O. The van der Waals surface area contributed by atoms with Gasteiger partial charge in [0, 0.05) is 30.5 Å². The van der Waals surface area contributed by atoms with Crippen molar-refractivity contribution in [1.82, 2.24) is 4.90 Å². The van der Waals surface area contributed by atoms with Crippen LogP contribution in [0.5, 0.6) is 0 Å². The highest BCUT2D eigenvalue weighted by Crippen LogP contribution is 2.40. The fraction of sp³-hybridized carbons (Fsp3) is 0.190. The van der Waals surface area contributed by atoms with Gasteiger partial charge in [-0.15, -0.1) is 0 Å². The molecule has 146 valence electrons. The average molecular weight is 382 g/mol. The van der Waals surface area contributed by atoms with Crippen LogP contribution in [0.2, 0.25) is 0 Å². The fourth-order valence-corrected chi connectivity index (χ4v) is 3.22. The van der Waals surface area contributed by atoms with Gasteiger partial charge in [-0.25, -0.2) is 9.59 Å². The molecule has 1 saturated heterocycles. The molecule has 0 atom stereocenters. The summed E-state index contributed by atoms with van der Waals surface area (Å²) in [5, 5.41) is 15.6. The highest BCUT2D eigenvalue weighted by Gasteiger charge is 2.45. The highest BCUT2D eigenvalue weighted by atomic mass is 16.4. The third-order valence-corrected chi connectivity index (χ3v) is 4.51. The predicted molar refractivity (Wildman–Crippen MR) is 103 cm³/mol. The maximum atomic E-state index is 12.2. The Bertz CT molecular complexity index is 794. The Morgan fingerprint density at radius 1 is 0.929 bits per heavy atom. The number of carboxylic acids is 2. The Kier molecular flexibility index (Phi) is 7.06. The standard InChI is InChI=1S/C17H18N2O.C4H4O4/c18-13-19-12-17(11-16(19)20,14-7-3-1-4-8-14)15-9-5-2-6-10-15;5-3(6)1-2-4(7)8/h1-10H,11-13,18H2;1-2H,(H,5,6)(H,7,8). The molecule has 0 spiro atoms.